The molecule has 0 aromatic carbocycles. The van der Waals surface area contributed by atoms with E-state index in [0.29, 0.717) is 58.5 Å². The molecular weight excluding hydrogens is 522 g/mol. The van der Waals surface area contributed by atoms with Crippen molar-refractivity contribution in [2.45, 2.75) is 71.2 Å². The monoisotopic (exact) mass is 559 g/mol. The Morgan fingerprint density at radius 3 is 2.54 bits per heavy atom. The number of hydrogen-bond acceptors (Lipinski definition) is 11. The van der Waals surface area contributed by atoms with Crippen LogP contribution in [0.1, 0.15) is 44.5 Å². The molecule has 2 aliphatic carbocycles. The molecule has 5 unspecified atom stereocenters. The topological polar surface area (TPSA) is 160 Å². The number of anilines is 2. The first-order valence-corrected chi connectivity index (χ1v) is 15.5. The fourth-order valence-corrected chi connectivity index (χ4v) is 6.58. The summed E-state index contributed by atoms with van der Waals surface area (Å²) in [5, 5.41) is 29.0. The van der Waals surface area contributed by atoms with Crippen molar-refractivity contribution in [1.82, 2.24) is 15.0 Å². The number of aliphatic hydroxyl groups is 2. The number of rotatable bonds is 10. The molecule has 3 aromatic heterocycles. The van der Waals surface area contributed by atoms with Crippen LogP contribution in [0.5, 0.6) is 5.88 Å². The molecule has 39 heavy (non-hydrogen) atoms. The zero-order valence-corrected chi connectivity index (χ0v) is 23.7. The quantitative estimate of drug-likeness (QED) is 0.289. The third kappa shape index (κ3) is 5.97. The Morgan fingerprint density at radius 1 is 1.13 bits per heavy atom. The minimum Gasteiger partial charge on any atom is -0.478 e. The molecule has 2 fully saturated rings. The summed E-state index contributed by atoms with van der Waals surface area (Å²) in [5.41, 5.74) is 2.58. The molecule has 212 valence electrons. The van der Waals surface area contributed by atoms with Crippen molar-refractivity contribution in [2.24, 2.45) is 11.8 Å². The van der Waals surface area contributed by atoms with Crippen LogP contribution in [0.4, 0.5) is 11.8 Å². The molecule has 5 atom stereocenters. The second kappa shape index (κ2) is 10.5. The molecule has 0 bridgehead atoms. The smallest absolute Gasteiger partial charge is 0.225 e. The van der Waals surface area contributed by atoms with Crippen LogP contribution in [0.15, 0.2) is 16.5 Å². The second-order valence-corrected chi connectivity index (χ2v) is 13.1. The lowest BCUT2D eigenvalue weighted by molar-refractivity contribution is 0.0216. The molecule has 3 heterocycles. The summed E-state index contributed by atoms with van der Waals surface area (Å²) < 4.78 is 35.7. The molecule has 3 aromatic rings. The van der Waals surface area contributed by atoms with Crippen LogP contribution in [0.3, 0.4) is 0 Å². The van der Waals surface area contributed by atoms with Crippen molar-refractivity contribution in [3.63, 3.8) is 0 Å². The third-order valence-electron chi connectivity index (χ3n) is 7.60. The molecule has 0 amide bonds. The van der Waals surface area contributed by atoms with E-state index in [2.05, 4.69) is 22.5 Å². The number of hydrogen-bond donors (Lipinski definition) is 4. The Morgan fingerprint density at radius 2 is 1.87 bits per heavy atom. The van der Waals surface area contributed by atoms with Gasteiger partial charge in [0.2, 0.25) is 11.8 Å². The zero-order valence-electron chi connectivity index (χ0n) is 22.9. The summed E-state index contributed by atoms with van der Waals surface area (Å²) in [6.07, 6.45) is 1.39. The van der Waals surface area contributed by atoms with E-state index in [1.54, 1.807) is 0 Å². The lowest BCUT2D eigenvalue weighted by atomic mass is 10.1. The van der Waals surface area contributed by atoms with E-state index in [1.165, 1.54) is 12.8 Å². The fourth-order valence-electron chi connectivity index (χ4n) is 5.47. The molecule has 4 N–H and O–H groups in total. The average molecular weight is 560 g/mol. The van der Waals surface area contributed by atoms with Gasteiger partial charge in [-0.25, -0.2) is 18.4 Å². The average Bonchev–Trinajstić information content (AvgIpc) is 3.56. The molecule has 2 aliphatic rings. The number of fused-ring (bicyclic) bond motifs is 1. The van der Waals surface area contributed by atoms with Crippen molar-refractivity contribution < 1.29 is 27.8 Å². The SMILES string of the molecule is CCOc1cc2cc(-c3c(C)nc(NC(C)C4CC4)nc3NC3CC(CS(C)(=O)=O)C(O)C3O)oc2c(C)n1. The molecule has 11 nitrogen and oxygen atoms in total. The predicted octanol–water partition coefficient (Wildman–Crippen LogP) is 3.08. The maximum Gasteiger partial charge on any atom is 0.225 e. The van der Waals surface area contributed by atoms with E-state index < -0.39 is 34.0 Å². The standard InChI is InChI=1S/C27H37N5O6S/c1-6-37-21-11-17-10-20(38-25(17)15(4)28-21)22-14(3)30-27(29-13(2)16-7-8-16)32-26(22)31-19-9-18(12-39(5,35)36)23(33)24(19)34/h10-11,13,16,18-19,23-24,33-34H,6-9,12H2,1-5H3,(H2,29,30,31,32). The summed E-state index contributed by atoms with van der Waals surface area (Å²) in [6.45, 7) is 8.22. The highest BCUT2D eigenvalue weighted by Gasteiger charge is 2.43. The molecule has 2 saturated carbocycles. The van der Waals surface area contributed by atoms with Crippen molar-refractivity contribution in [1.29, 1.82) is 0 Å². The summed E-state index contributed by atoms with van der Waals surface area (Å²) >= 11 is 0. The molecular formula is C27H37N5O6S. The molecule has 12 heteroatoms. The summed E-state index contributed by atoms with van der Waals surface area (Å²) in [5.74, 6) is 1.69. The first-order valence-electron chi connectivity index (χ1n) is 13.4. The van der Waals surface area contributed by atoms with Crippen LogP contribution in [0.2, 0.25) is 0 Å². The van der Waals surface area contributed by atoms with E-state index in [9.17, 15) is 18.6 Å². The summed E-state index contributed by atoms with van der Waals surface area (Å²) in [4.78, 5) is 14.0. The maximum atomic E-state index is 11.9. The maximum absolute atomic E-state index is 11.9. The van der Waals surface area contributed by atoms with Gasteiger partial charge in [-0.15, -0.1) is 0 Å². The first kappa shape index (κ1) is 27.6. The van der Waals surface area contributed by atoms with Gasteiger partial charge < -0.3 is 30.0 Å². The van der Waals surface area contributed by atoms with Gasteiger partial charge >= 0.3 is 0 Å². The van der Waals surface area contributed by atoms with E-state index in [1.807, 2.05) is 32.9 Å². The number of pyridine rings is 1. The Balaban J connectivity index is 1.54. The molecule has 5 rings (SSSR count). The van der Waals surface area contributed by atoms with E-state index in [0.717, 1.165) is 11.6 Å². The van der Waals surface area contributed by atoms with Crippen LogP contribution in [0, 0.1) is 25.7 Å². The van der Waals surface area contributed by atoms with Gasteiger partial charge in [-0.05, 0) is 58.9 Å². The minimum absolute atomic E-state index is 0.206. The molecule has 0 aliphatic heterocycles. The minimum atomic E-state index is -3.33. The van der Waals surface area contributed by atoms with Gasteiger partial charge in [0.15, 0.2) is 5.58 Å². The lowest BCUT2D eigenvalue weighted by Crippen LogP contribution is -2.36. The lowest BCUT2D eigenvalue weighted by Gasteiger charge is -2.22. The van der Waals surface area contributed by atoms with Gasteiger partial charge in [0.05, 0.1) is 41.5 Å². The fraction of sp³-hybridized carbons (Fsp3) is 0.593. The third-order valence-corrected chi connectivity index (χ3v) is 8.64. The molecule has 0 radical (unpaired) electrons. The van der Waals surface area contributed by atoms with Gasteiger partial charge in [0.25, 0.3) is 0 Å². The number of nitrogens with one attached hydrogen (secondary N) is 2. The van der Waals surface area contributed by atoms with E-state index in [4.69, 9.17) is 19.1 Å². The normalized spacial score (nSPS) is 24.2. The van der Waals surface area contributed by atoms with Crippen LogP contribution in [-0.4, -0.2) is 76.5 Å². The van der Waals surface area contributed by atoms with Gasteiger partial charge in [-0.3, -0.25) is 0 Å². The second-order valence-electron chi connectivity index (χ2n) is 11.0. The highest BCUT2D eigenvalue weighted by Crippen LogP contribution is 2.39. The van der Waals surface area contributed by atoms with Gasteiger partial charge in [-0.2, -0.15) is 4.98 Å². The number of aromatic nitrogens is 3. The van der Waals surface area contributed by atoms with Crippen LogP contribution in [0.25, 0.3) is 22.3 Å². The van der Waals surface area contributed by atoms with Crippen molar-refractivity contribution >= 4 is 32.6 Å². The Labute approximate surface area is 228 Å². The van der Waals surface area contributed by atoms with Crippen LogP contribution < -0.4 is 15.4 Å². The van der Waals surface area contributed by atoms with E-state index >= 15 is 0 Å². The number of ether oxygens (including phenoxy) is 1. The Kier molecular flexibility index (Phi) is 7.47. The number of sulfone groups is 1. The summed E-state index contributed by atoms with van der Waals surface area (Å²) in [6, 6.07) is 3.29. The van der Waals surface area contributed by atoms with Gasteiger partial charge in [-0.1, -0.05) is 0 Å². The number of aliphatic hydroxyl groups excluding tert-OH is 2. The number of aryl methyl sites for hydroxylation is 2. The van der Waals surface area contributed by atoms with Crippen LogP contribution in [-0.2, 0) is 9.84 Å². The van der Waals surface area contributed by atoms with E-state index in [-0.39, 0.29) is 18.2 Å². The highest BCUT2D eigenvalue weighted by molar-refractivity contribution is 7.90. The molecule has 0 saturated heterocycles. The van der Waals surface area contributed by atoms with Crippen molar-refractivity contribution in [3.05, 3.63) is 23.5 Å². The highest BCUT2D eigenvalue weighted by atomic mass is 32.2. The van der Waals surface area contributed by atoms with Crippen molar-refractivity contribution in [2.75, 3.05) is 29.2 Å². The Bertz CT molecular complexity index is 1470. The Hall–Kier alpha value is -2.96. The number of nitrogens with zero attached hydrogens (tertiary/aromatic N) is 3. The van der Waals surface area contributed by atoms with Gasteiger partial charge in [0, 0.05) is 29.7 Å². The first-order chi connectivity index (χ1) is 18.4. The zero-order chi connectivity index (χ0) is 28.1. The largest absolute Gasteiger partial charge is 0.478 e. The molecule has 0 spiro atoms. The van der Waals surface area contributed by atoms with Gasteiger partial charge in [0.1, 0.15) is 27.5 Å². The summed E-state index contributed by atoms with van der Waals surface area (Å²) in [7, 11) is -3.33. The van der Waals surface area contributed by atoms with Crippen LogP contribution >= 0.6 is 0 Å². The number of furan rings is 1. The predicted molar refractivity (Wildman–Crippen MR) is 149 cm³/mol. The van der Waals surface area contributed by atoms with Crippen molar-refractivity contribution in [3.8, 4) is 17.2 Å².